The monoisotopic (exact) mass is 383 g/mol. The van der Waals surface area contributed by atoms with Gasteiger partial charge in [-0.05, 0) is 48.5 Å². The van der Waals surface area contributed by atoms with Gasteiger partial charge in [0.15, 0.2) is 0 Å². The Bertz CT molecular complexity index is 1040. The van der Waals surface area contributed by atoms with Crippen molar-refractivity contribution in [2.75, 3.05) is 6.54 Å². The molecule has 1 N–H and O–H groups in total. The largest absolute Gasteiger partial charge is 0.467 e. The van der Waals surface area contributed by atoms with Crippen molar-refractivity contribution in [2.24, 2.45) is 0 Å². The second-order valence-electron chi connectivity index (χ2n) is 5.81. The number of hydrogen-bond donors (Lipinski definition) is 1. The van der Waals surface area contributed by atoms with Crippen LogP contribution in [0.1, 0.15) is 11.8 Å². The number of aromatic nitrogens is 4. The third-order valence-corrected chi connectivity index (χ3v) is 5.54. The number of hydrogen-bond acceptors (Lipinski definition) is 5. The maximum atomic E-state index is 12.7. The van der Waals surface area contributed by atoms with E-state index in [1.807, 2.05) is 0 Å². The summed E-state index contributed by atoms with van der Waals surface area (Å²) in [5.41, 5.74) is 0.781. The molecule has 4 aromatic rings. The summed E-state index contributed by atoms with van der Waals surface area (Å²) >= 11 is 0. The minimum Gasteiger partial charge on any atom is -0.467 e. The van der Waals surface area contributed by atoms with Crippen LogP contribution in [0.5, 0.6) is 0 Å². The molecule has 3 heterocycles. The average molecular weight is 383 g/mol. The molecule has 0 spiro atoms. The van der Waals surface area contributed by atoms with Gasteiger partial charge < -0.3 is 4.42 Å². The fourth-order valence-corrected chi connectivity index (χ4v) is 3.78. The Kier molecular flexibility index (Phi) is 4.61. The molecular formula is C18H17N5O3S. The summed E-state index contributed by atoms with van der Waals surface area (Å²) in [4.78, 5) is 0.178. The molecule has 3 aromatic heterocycles. The van der Waals surface area contributed by atoms with Gasteiger partial charge in [-0.25, -0.2) is 17.8 Å². The molecule has 0 fully saturated rings. The minimum atomic E-state index is -3.69. The van der Waals surface area contributed by atoms with Gasteiger partial charge in [0.1, 0.15) is 11.8 Å². The van der Waals surface area contributed by atoms with E-state index in [0.29, 0.717) is 5.76 Å². The number of sulfonamides is 1. The highest BCUT2D eigenvalue weighted by molar-refractivity contribution is 7.89. The van der Waals surface area contributed by atoms with E-state index in [1.165, 1.54) is 0 Å². The Labute approximate surface area is 156 Å². The molecule has 0 aliphatic rings. The van der Waals surface area contributed by atoms with Gasteiger partial charge in [-0.2, -0.15) is 10.2 Å². The quantitative estimate of drug-likeness (QED) is 0.528. The molecule has 0 radical (unpaired) electrons. The van der Waals surface area contributed by atoms with E-state index in [-0.39, 0.29) is 17.5 Å². The van der Waals surface area contributed by atoms with Gasteiger partial charge in [0.05, 0.1) is 16.8 Å². The number of benzene rings is 1. The van der Waals surface area contributed by atoms with Gasteiger partial charge in [-0.1, -0.05) is 0 Å². The van der Waals surface area contributed by atoms with Crippen LogP contribution < -0.4 is 4.72 Å². The Balaban J connectivity index is 1.52. The van der Waals surface area contributed by atoms with Gasteiger partial charge in [0.2, 0.25) is 10.0 Å². The van der Waals surface area contributed by atoms with Crippen LogP contribution in [0, 0.1) is 0 Å². The summed E-state index contributed by atoms with van der Waals surface area (Å²) in [7, 11) is -3.69. The maximum absolute atomic E-state index is 12.7. The van der Waals surface area contributed by atoms with E-state index < -0.39 is 10.0 Å². The molecule has 27 heavy (non-hydrogen) atoms. The van der Waals surface area contributed by atoms with E-state index in [9.17, 15) is 8.42 Å². The average Bonchev–Trinajstić information content (AvgIpc) is 3.44. The van der Waals surface area contributed by atoms with Gasteiger partial charge in [-0.3, -0.25) is 4.68 Å². The Morgan fingerprint density at radius 2 is 1.78 bits per heavy atom. The van der Waals surface area contributed by atoms with Gasteiger partial charge in [-0.15, -0.1) is 0 Å². The van der Waals surface area contributed by atoms with Crippen molar-refractivity contribution in [3.8, 4) is 5.69 Å². The molecule has 0 saturated carbocycles. The van der Waals surface area contributed by atoms with Gasteiger partial charge in [0.25, 0.3) is 0 Å². The zero-order chi connectivity index (χ0) is 18.7. The predicted octanol–water partition coefficient (Wildman–Crippen LogP) is 2.23. The highest BCUT2D eigenvalue weighted by atomic mass is 32.2. The third kappa shape index (κ3) is 3.69. The lowest BCUT2D eigenvalue weighted by Crippen LogP contribution is -2.31. The lowest BCUT2D eigenvalue weighted by molar-refractivity contribution is 0.402. The van der Waals surface area contributed by atoms with Crippen molar-refractivity contribution in [3.63, 3.8) is 0 Å². The van der Waals surface area contributed by atoms with E-state index in [0.717, 1.165) is 5.69 Å². The first-order valence-corrected chi connectivity index (χ1v) is 9.74. The van der Waals surface area contributed by atoms with Crippen molar-refractivity contribution in [1.29, 1.82) is 0 Å². The first kappa shape index (κ1) is 17.3. The molecule has 8 nitrogen and oxygen atoms in total. The molecule has 1 atom stereocenters. The molecule has 0 saturated heterocycles. The fourth-order valence-electron chi connectivity index (χ4n) is 2.74. The Morgan fingerprint density at radius 1 is 1.00 bits per heavy atom. The molecule has 0 bridgehead atoms. The second kappa shape index (κ2) is 7.22. The first-order valence-electron chi connectivity index (χ1n) is 8.26. The highest BCUT2D eigenvalue weighted by Gasteiger charge is 2.21. The van der Waals surface area contributed by atoms with Crippen molar-refractivity contribution in [3.05, 3.63) is 85.3 Å². The molecule has 0 aliphatic heterocycles. The molecular weight excluding hydrogens is 366 g/mol. The molecule has 0 amide bonds. The molecule has 0 aliphatic carbocycles. The summed E-state index contributed by atoms with van der Waals surface area (Å²) in [5, 5.41) is 8.32. The maximum Gasteiger partial charge on any atom is 0.240 e. The molecule has 4 rings (SSSR count). The van der Waals surface area contributed by atoms with Crippen molar-refractivity contribution in [1.82, 2.24) is 24.3 Å². The molecule has 9 heteroatoms. The van der Waals surface area contributed by atoms with Gasteiger partial charge in [0, 0.05) is 31.3 Å². The summed E-state index contributed by atoms with van der Waals surface area (Å²) < 4.78 is 36.8. The highest BCUT2D eigenvalue weighted by Crippen LogP contribution is 2.19. The summed E-state index contributed by atoms with van der Waals surface area (Å²) in [5.74, 6) is 0.621. The van der Waals surface area contributed by atoms with Crippen LogP contribution in [-0.4, -0.2) is 34.5 Å². The Morgan fingerprint density at radius 3 is 2.41 bits per heavy atom. The topological polar surface area (TPSA) is 95.0 Å². The van der Waals surface area contributed by atoms with Crippen LogP contribution in [0.25, 0.3) is 5.69 Å². The fraction of sp³-hybridized carbons (Fsp3) is 0.111. The van der Waals surface area contributed by atoms with Gasteiger partial charge >= 0.3 is 0 Å². The van der Waals surface area contributed by atoms with E-state index in [4.69, 9.17) is 4.42 Å². The predicted molar refractivity (Wildman–Crippen MR) is 97.8 cm³/mol. The van der Waals surface area contributed by atoms with Crippen LogP contribution >= 0.6 is 0 Å². The second-order valence-corrected chi connectivity index (χ2v) is 7.58. The van der Waals surface area contributed by atoms with E-state index in [2.05, 4.69) is 14.9 Å². The Hall–Kier alpha value is -3.17. The van der Waals surface area contributed by atoms with Crippen molar-refractivity contribution >= 4 is 10.0 Å². The smallest absolute Gasteiger partial charge is 0.240 e. The molecule has 0 unspecified atom stereocenters. The summed E-state index contributed by atoms with van der Waals surface area (Å²) in [6, 6.07) is 13.3. The van der Waals surface area contributed by atoms with Crippen LogP contribution in [-0.2, 0) is 10.0 Å². The van der Waals surface area contributed by atoms with Crippen LogP contribution in [0.3, 0.4) is 0 Å². The zero-order valence-electron chi connectivity index (χ0n) is 14.2. The number of nitrogens with zero attached hydrogens (tertiary/aromatic N) is 4. The van der Waals surface area contributed by atoms with E-state index in [1.54, 1.807) is 88.9 Å². The normalized spacial score (nSPS) is 12.9. The number of furan rings is 1. The van der Waals surface area contributed by atoms with E-state index >= 15 is 0 Å². The third-order valence-electron chi connectivity index (χ3n) is 4.10. The molecule has 138 valence electrons. The van der Waals surface area contributed by atoms with Crippen LogP contribution in [0.15, 0.2) is 88.9 Å². The standard InChI is InChI=1S/C18H17N5O3S/c24-27(25,16-7-5-15(6-8-16)22-11-2-9-19-22)21-14-17(18-4-1-13-26-18)23-12-3-10-20-23/h1-13,17,21H,14H2/t17-/m0/s1. The van der Waals surface area contributed by atoms with Crippen LogP contribution in [0.4, 0.5) is 0 Å². The zero-order valence-corrected chi connectivity index (χ0v) is 15.0. The minimum absolute atomic E-state index is 0.110. The number of rotatable bonds is 7. The summed E-state index contributed by atoms with van der Waals surface area (Å²) in [6.45, 7) is 0.110. The van der Waals surface area contributed by atoms with Crippen molar-refractivity contribution < 1.29 is 12.8 Å². The van der Waals surface area contributed by atoms with Crippen molar-refractivity contribution in [2.45, 2.75) is 10.9 Å². The van der Waals surface area contributed by atoms with Crippen LogP contribution in [0.2, 0.25) is 0 Å². The first-order chi connectivity index (χ1) is 13.1. The number of nitrogens with one attached hydrogen (secondary N) is 1. The SMILES string of the molecule is O=S(=O)(NC[C@@H](c1ccco1)n1cccn1)c1ccc(-n2cccn2)cc1. The lowest BCUT2D eigenvalue weighted by atomic mass is 10.2. The molecule has 1 aromatic carbocycles. The summed E-state index contributed by atoms with van der Waals surface area (Å²) in [6.07, 6.45) is 8.41. The lowest BCUT2D eigenvalue weighted by Gasteiger charge is -2.16.